The maximum atomic E-state index is 4.51. The molecule has 0 N–H and O–H groups in total. The van der Waals surface area contributed by atoms with Crippen LogP contribution in [-0.2, 0) is 0 Å². The Morgan fingerprint density at radius 3 is 2.82 bits per heavy atom. The summed E-state index contributed by atoms with van der Waals surface area (Å²) in [6, 6.07) is 0. The summed E-state index contributed by atoms with van der Waals surface area (Å²) in [4.78, 5) is 4.51. The van der Waals surface area contributed by atoms with Gasteiger partial charge in [-0.15, -0.1) is 11.3 Å². The Hall–Kier alpha value is 0.110. The molecule has 0 bridgehead atoms. The van der Waals surface area contributed by atoms with Crippen LogP contribution >= 0.6 is 27.3 Å². The summed E-state index contributed by atoms with van der Waals surface area (Å²) in [5.74, 6) is 0.759. The normalized spacial score (nSPS) is 17.3. The summed E-state index contributed by atoms with van der Waals surface area (Å²) in [7, 11) is 0. The zero-order valence-corrected chi connectivity index (χ0v) is 8.70. The van der Waals surface area contributed by atoms with Crippen molar-refractivity contribution in [1.82, 2.24) is 4.98 Å². The Kier molecular flexibility index (Phi) is 2.02. The van der Waals surface area contributed by atoms with Crippen LogP contribution in [-0.4, -0.2) is 4.98 Å². The minimum absolute atomic E-state index is 0.759. The van der Waals surface area contributed by atoms with E-state index < -0.39 is 0 Å². The van der Waals surface area contributed by atoms with Gasteiger partial charge in [-0.25, -0.2) is 4.98 Å². The minimum atomic E-state index is 0.759. The molecule has 1 radical (unpaired) electrons. The molecular formula is C8H9BrNS. The van der Waals surface area contributed by atoms with E-state index in [0.29, 0.717) is 0 Å². The van der Waals surface area contributed by atoms with Gasteiger partial charge >= 0.3 is 0 Å². The van der Waals surface area contributed by atoms with Crippen LogP contribution in [0.2, 0.25) is 0 Å². The first kappa shape index (κ1) is 7.74. The second-order valence-corrected chi connectivity index (χ2v) is 5.12. The van der Waals surface area contributed by atoms with Gasteiger partial charge in [-0.1, -0.05) is 6.92 Å². The second kappa shape index (κ2) is 2.87. The molecule has 1 fully saturated rings. The predicted octanol–water partition coefficient (Wildman–Crippen LogP) is 3.36. The number of nitrogens with zero attached hydrogens (tertiary/aromatic N) is 1. The van der Waals surface area contributed by atoms with E-state index in [4.69, 9.17) is 0 Å². The smallest absolute Gasteiger partial charge is 0.0975 e. The SMILES string of the molecule is C[CH]c1nc(C2CC2)c(Br)s1. The molecule has 1 heterocycles. The van der Waals surface area contributed by atoms with Crippen molar-refractivity contribution in [2.45, 2.75) is 25.7 Å². The summed E-state index contributed by atoms with van der Waals surface area (Å²) in [5.41, 5.74) is 1.28. The lowest BCUT2D eigenvalue weighted by atomic mass is 10.3. The molecule has 0 saturated heterocycles. The van der Waals surface area contributed by atoms with Crippen molar-refractivity contribution in [2.24, 2.45) is 0 Å². The fraction of sp³-hybridized carbons (Fsp3) is 0.500. The van der Waals surface area contributed by atoms with E-state index in [1.54, 1.807) is 11.3 Å². The molecule has 0 unspecified atom stereocenters. The molecule has 1 aromatic heterocycles. The van der Waals surface area contributed by atoms with Crippen LogP contribution in [0.25, 0.3) is 0 Å². The van der Waals surface area contributed by atoms with Gasteiger partial charge < -0.3 is 0 Å². The summed E-state index contributed by atoms with van der Waals surface area (Å²) in [5, 5.41) is 1.14. The van der Waals surface area contributed by atoms with Crippen molar-refractivity contribution in [3.8, 4) is 0 Å². The first-order valence-corrected chi connectivity index (χ1v) is 5.38. The quantitative estimate of drug-likeness (QED) is 0.760. The van der Waals surface area contributed by atoms with Crippen LogP contribution in [0.1, 0.15) is 36.4 Å². The van der Waals surface area contributed by atoms with Crippen molar-refractivity contribution in [2.75, 3.05) is 0 Å². The lowest BCUT2D eigenvalue weighted by Gasteiger charge is -1.87. The molecule has 2 rings (SSSR count). The number of aromatic nitrogens is 1. The summed E-state index contributed by atoms with van der Waals surface area (Å²) in [6.45, 7) is 2.03. The average molecular weight is 231 g/mol. The minimum Gasteiger partial charge on any atom is -0.244 e. The van der Waals surface area contributed by atoms with Gasteiger partial charge in [0.15, 0.2) is 0 Å². The van der Waals surface area contributed by atoms with Crippen LogP contribution in [0.15, 0.2) is 3.79 Å². The third-order valence-electron chi connectivity index (χ3n) is 1.84. The van der Waals surface area contributed by atoms with Crippen molar-refractivity contribution in [3.63, 3.8) is 0 Å². The van der Waals surface area contributed by atoms with Gasteiger partial charge in [-0.3, -0.25) is 0 Å². The fourth-order valence-corrected chi connectivity index (χ4v) is 2.73. The molecule has 1 aliphatic carbocycles. The Balaban J connectivity index is 2.30. The first-order valence-electron chi connectivity index (χ1n) is 3.77. The van der Waals surface area contributed by atoms with Gasteiger partial charge in [-0.05, 0) is 28.8 Å². The highest BCUT2D eigenvalue weighted by molar-refractivity contribution is 9.11. The predicted molar refractivity (Wildman–Crippen MR) is 50.9 cm³/mol. The standard InChI is InChI=1S/C8H9BrNS/c1-2-6-10-7(5-3-4-5)8(9)11-6/h2,5H,3-4H2,1H3. The van der Waals surface area contributed by atoms with Crippen molar-refractivity contribution >= 4 is 27.3 Å². The summed E-state index contributed by atoms with van der Waals surface area (Å²) in [6.07, 6.45) is 4.71. The lowest BCUT2D eigenvalue weighted by molar-refractivity contribution is 1.03. The Morgan fingerprint density at radius 2 is 2.36 bits per heavy atom. The molecule has 0 atom stereocenters. The second-order valence-electron chi connectivity index (χ2n) is 2.77. The maximum absolute atomic E-state index is 4.51. The molecule has 0 amide bonds. The van der Waals surface area contributed by atoms with E-state index in [2.05, 4.69) is 27.3 Å². The van der Waals surface area contributed by atoms with Gasteiger partial charge in [0, 0.05) is 12.3 Å². The molecule has 1 aliphatic rings. The summed E-state index contributed by atoms with van der Waals surface area (Å²) < 4.78 is 1.23. The molecule has 0 spiro atoms. The lowest BCUT2D eigenvalue weighted by Crippen LogP contribution is -1.80. The highest BCUT2D eigenvalue weighted by atomic mass is 79.9. The third kappa shape index (κ3) is 1.49. The largest absolute Gasteiger partial charge is 0.244 e. The molecule has 1 nitrogen and oxygen atoms in total. The fourth-order valence-electron chi connectivity index (χ4n) is 1.06. The van der Waals surface area contributed by atoms with E-state index in [9.17, 15) is 0 Å². The molecule has 0 aliphatic heterocycles. The molecule has 11 heavy (non-hydrogen) atoms. The zero-order chi connectivity index (χ0) is 7.84. The first-order chi connectivity index (χ1) is 5.31. The van der Waals surface area contributed by atoms with Gasteiger partial charge in [0.25, 0.3) is 0 Å². The zero-order valence-electron chi connectivity index (χ0n) is 6.30. The van der Waals surface area contributed by atoms with Crippen LogP contribution in [0.5, 0.6) is 0 Å². The monoisotopic (exact) mass is 230 g/mol. The topological polar surface area (TPSA) is 12.9 Å². The van der Waals surface area contributed by atoms with Crippen molar-refractivity contribution in [3.05, 3.63) is 20.9 Å². The van der Waals surface area contributed by atoms with E-state index >= 15 is 0 Å². The van der Waals surface area contributed by atoms with Crippen LogP contribution in [0.3, 0.4) is 0 Å². The van der Waals surface area contributed by atoms with Crippen LogP contribution in [0, 0.1) is 6.42 Å². The number of thiazole rings is 1. The highest BCUT2D eigenvalue weighted by Crippen LogP contribution is 2.44. The van der Waals surface area contributed by atoms with Gasteiger partial charge in [0.2, 0.25) is 0 Å². The van der Waals surface area contributed by atoms with Crippen molar-refractivity contribution in [1.29, 1.82) is 0 Å². The van der Waals surface area contributed by atoms with E-state index in [-0.39, 0.29) is 0 Å². The van der Waals surface area contributed by atoms with E-state index in [1.807, 2.05) is 6.92 Å². The molecule has 3 heteroatoms. The van der Waals surface area contributed by atoms with Crippen LogP contribution < -0.4 is 0 Å². The van der Waals surface area contributed by atoms with Crippen molar-refractivity contribution < 1.29 is 0 Å². The summed E-state index contributed by atoms with van der Waals surface area (Å²) >= 11 is 5.27. The number of hydrogen-bond donors (Lipinski definition) is 0. The van der Waals surface area contributed by atoms with Crippen LogP contribution in [0.4, 0.5) is 0 Å². The number of halogens is 1. The molecule has 0 aromatic carbocycles. The molecule has 59 valence electrons. The average Bonchev–Trinajstić information content (AvgIpc) is 2.76. The Bertz CT molecular complexity index is 265. The molecule has 1 saturated carbocycles. The third-order valence-corrected chi connectivity index (χ3v) is 3.65. The Labute approximate surface area is 79.0 Å². The van der Waals surface area contributed by atoms with Gasteiger partial charge in [0.05, 0.1) is 14.5 Å². The van der Waals surface area contributed by atoms with Gasteiger partial charge in [-0.2, -0.15) is 0 Å². The number of hydrogen-bond acceptors (Lipinski definition) is 2. The Morgan fingerprint density at radius 1 is 1.64 bits per heavy atom. The van der Waals surface area contributed by atoms with E-state index in [0.717, 1.165) is 10.9 Å². The molecule has 1 aromatic rings. The maximum Gasteiger partial charge on any atom is 0.0975 e. The highest BCUT2D eigenvalue weighted by Gasteiger charge is 2.28. The van der Waals surface area contributed by atoms with E-state index in [1.165, 1.54) is 22.3 Å². The van der Waals surface area contributed by atoms with Gasteiger partial charge in [0.1, 0.15) is 0 Å². The molecular weight excluding hydrogens is 222 g/mol. The number of rotatable bonds is 2.